The fraction of sp³-hybridized carbons (Fsp3) is 0.500. The third-order valence-corrected chi connectivity index (χ3v) is 3.46. The summed E-state index contributed by atoms with van der Waals surface area (Å²) in [5, 5.41) is 3.31. The van der Waals surface area contributed by atoms with Crippen molar-refractivity contribution in [3.63, 3.8) is 0 Å². The summed E-state index contributed by atoms with van der Waals surface area (Å²) in [6.07, 6.45) is 3.30. The first-order valence-corrected chi connectivity index (χ1v) is 6.59. The average Bonchev–Trinajstić information content (AvgIpc) is 2.39. The number of piperidine rings is 1. The van der Waals surface area contributed by atoms with Crippen molar-refractivity contribution in [2.75, 3.05) is 19.7 Å². The van der Waals surface area contributed by atoms with Crippen LogP contribution in [0.15, 0.2) is 18.2 Å². The van der Waals surface area contributed by atoms with Gasteiger partial charge in [-0.3, -0.25) is 4.79 Å². The van der Waals surface area contributed by atoms with Crippen LogP contribution in [0, 0.1) is 11.7 Å². The zero-order valence-electron chi connectivity index (χ0n) is 11.2. The Morgan fingerprint density at radius 2 is 2.10 bits per heavy atom. The molecule has 1 aromatic rings. The van der Waals surface area contributed by atoms with Gasteiger partial charge in [-0.05, 0) is 50.4 Å². The summed E-state index contributed by atoms with van der Waals surface area (Å²) in [4.78, 5) is 10.9. The third kappa shape index (κ3) is 4.65. The maximum absolute atomic E-state index is 13.5. The molecule has 1 aliphatic heterocycles. The lowest BCUT2D eigenvalue weighted by molar-refractivity contribution is 0.0996. The highest BCUT2D eigenvalue weighted by Gasteiger charge is 2.13. The Kier molecular flexibility index (Phi) is 6.75. The molecule has 20 heavy (non-hydrogen) atoms. The van der Waals surface area contributed by atoms with Crippen molar-refractivity contribution in [1.29, 1.82) is 0 Å². The van der Waals surface area contributed by atoms with Gasteiger partial charge >= 0.3 is 0 Å². The minimum Gasteiger partial charge on any atom is -0.493 e. The first kappa shape index (κ1) is 16.7. The van der Waals surface area contributed by atoms with Gasteiger partial charge in [0.2, 0.25) is 0 Å². The molecule has 0 aromatic heterocycles. The van der Waals surface area contributed by atoms with Crippen LogP contribution in [-0.4, -0.2) is 25.6 Å². The number of rotatable bonds is 5. The summed E-state index contributed by atoms with van der Waals surface area (Å²) in [5.41, 5.74) is 4.93. The second kappa shape index (κ2) is 8.07. The predicted molar refractivity (Wildman–Crippen MR) is 77.9 cm³/mol. The van der Waals surface area contributed by atoms with Crippen molar-refractivity contribution in [2.24, 2.45) is 11.7 Å². The Hall–Kier alpha value is -1.33. The zero-order valence-corrected chi connectivity index (χ0v) is 12.0. The van der Waals surface area contributed by atoms with Crippen molar-refractivity contribution in [2.45, 2.75) is 19.3 Å². The lowest BCUT2D eigenvalue weighted by Crippen LogP contribution is -2.28. The molecule has 0 aliphatic carbocycles. The normalized spacial score (nSPS) is 15.4. The number of primary amides is 1. The minimum atomic E-state index is -0.765. The van der Waals surface area contributed by atoms with Gasteiger partial charge in [-0.25, -0.2) is 4.39 Å². The molecular weight excluding hydrogens is 283 g/mol. The van der Waals surface area contributed by atoms with Crippen molar-refractivity contribution in [3.8, 4) is 5.75 Å². The predicted octanol–water partition coefficient (Wildman–Crippen LogP) is 2.11. The molecule has 4 nitrogen and oxygen atoms in total. The Bertz CT molecular complexity index is 451. The van der Waals surface area contributed by atoms with Crippen LogP contribution < -0.4 is 15.8 Å². The van der Waals surface area contributed by atoms with Crippen LogP contribution in [0.1, 0.15) is 29.6 Å². The van der Waals surface area contributed by atoms with Crippen LogP contribution in [0.3, 0.4) is 0 Å². The molecule has 1 saturated heterocycles. The van der Waals surface area contributed by atoms with Gasteiger partial charge in [0, 0.05) is 6.07 Å². The fourth-order valence-electron chi connectivity index (χ4n) is 2.30. The molecule has 6 heteroatoms. The van der Waals surface area contributed by atoms with Gasteiger partial charge in [-0.2, -0.15) is 0 Å². The van der Waals surface area contributed by atoms with E-state index in [4.69, 9.17) is 10.5 Å². The summed E-state index contributed by atoms with van der Waals surface area (Å²) in [5.74, 6) is -0.280. The Morgan fingerprint density at radius 1 is 1.40 bits per heavy atom. The number of halogens is 2. The summed E-state index contributed by atoms with van der Waals surface area (Å²) >= 11 is 0. The van der Waals surface area contributed by atoms with E-state index >= 15 is 0 Å². The monoisotopic (exact) mass is 302 g/mol. The van der Waals surface area contributed by atoms with E-state index in [-0.39, 0.29) is 18.0 Å². The second-order valence-electron chi connectivity index (χ2n) is 4.84. The van der Waals surface area contributed by atoms with Crippen molar-refractivity contribution < 1.29 is 13.9 Å². The quantitative estimate of drug-likeness (QED) is 0.875. The van der Waals surface area contributed by atoms with E-state index < -0.39 is 11.7 Å². The molecule has 3 N–H and O–H groups in total. The first-order chi connectivity index (χ1) is 9.16. The van der Waals surface area contributed by atoms with Crippen LogP contribution in [0.4, 0.5) is 4.39 Å². The summed E-state index contributed by atoms with van der Waals surface area (Å²) < 4.78 is 19.0. The lowest BCUT2D eigenvalue weighted by Gasteiger charge is -2.22. The molecule has 0 spiro atoms. The van der Waals surface area contributed by atoms with Gasteiger partial charge in [0.1, 0.15) is 11.6 Å². The Balaban J connectivity index is 0.00000200. The highest BCUT2D eigenvalue weighted by atomic mass is 35.5. The van der Waals surface area contributed by atoms with E-state index in [9.17, 15) is 9.18 Å². The van der Waals surface area contributed by atoms with E-state index in [1.54, 1.807) is 6.07 Å². The minimum absolute atomic E-state index is 0. The van der Waals surface area contributed by atoms with Crippen molar-refractivity contribution >= 4 is 18.3 Å². The van der Waals surface area contributed by atoms with Crippen LogP contribution in [0.25, 0.3) is 0 Å². The molecule has 1 aromatic carbocycles. The van der Waals surface area contributed by atoms with E-state index in [1.807, 2.05) is 0 Å². The molecule has 2 rings (SSSR count). The standard InChI is InChI=1S/C14H19FN2O2.ClH/c15-13-9-11(1-2-12(13)14(16)18)19-8-5-10-3-6-17-7-4-10;/h1-2,9-10,17H,3-8H2,(H2,16,18);1H. The van der Waals surface area contributed by atoms with Gasteiger partial charge in [0.05, 0.1) is 12.2 Å². The molecule has 112 valence electrons. The molecule has 0 unspecified atom stereocenters. The number of nitrogens with two attached hydrogens (primary N) is 1. The van der Waals surface area contributed by atoms with E-state index in [0.717, 1.165) is 19.5 Å². The topological polar surface area (TPSA) is 64.4 Å². The maximum atomic E-state index is 13.5. The van der Waals surface area contributed by atoms with E-state index in [2.05, 4.69) is 5.32 Å². The van der Waals surface area contributed by atoms with Gasteiger partial charge in [0.25, 0.3) is 5.91 Å². The maximum Gasteiger partial charge on any atom is 0.251 e. The number of hydrogen-bond acceptors (Lipinski definition) is 3. The van der Waals surface area contributed by atoms with Crippen molar-refractivity contribution in [3.05, 3.63) is 29.6 Å². The average molecular weight is 303 g/mol. The second-order valence-corrected chi connectivity index (χ2v) is 4.84. The molecule has 0 atom stereocenters. The molecule has 1 fully saturated rings. The number of hydrogen-bond donors (Lipinski definition) is 2. The number of nitrogens with one attached hydrogen (secondary N) is 1. The van der Waals surface area contributed by atoms with Crippen LogP contribution in [0.2, 0.25) is 0 Å². The smallest absolute Gasteiger partial charge is 0.251 e. The number of benzene rings is 1. The number of carbonyl (C=O) groups is 1. The van der Waals surface area contributed by atoms with Gasteiger partial charge < -0.3 is 15.8 Å². The summed E-state index contributed by atoms with van der Waals surface area (Å²) in [6.45, 7) is 2.69. The molecule has 0 radical (unpaired) electrons. The molecule has 1 heterocycles. The van der Waals surface area contributed by atoms with E-state index in [1.165, 1.54) is 25.0 Å². The molecular formula is C14H20ClFN2O2. The van der Waals surface area contributed by atoms with E-state index in [0.29, 0.717) is 18.3 Å². The molecule has 0 bridgehead atoms. The summed E-state index contributed by atoms with van der Waals surface area (Å²) in [7, 11) is 0. The van der Waals surface area contributed by atoms with Gasteiger partial charge in [-0.1, -0.05) is 0 Å². The molecule has 1 aliphatic rings. The molecule has 0 saturated carbocycles. The summed E-state index contributed by atoms with van der Waals surface area (Å²) in [6, 6.07) is 4.14. The SMILES string of the molecule is Cl.NC(=O)c1ccc(OCCC2CCNCC2)cc1F. The molecule has 1 amide bonds. The lowest BCUT2D eigenvalue weighted by atomic mass is 9.95. The third-order valence-electron chi connectivity index (χ3n) is 3.46. The van der Waals surface area contributed by atoms with Crippen LogP contribution in [-0.2, 0) is 0 Å². The number of ether oxygens (including phenoxy) is 1. The highest BCUT2D eigenvalue weighted by molar-refractivity contribution is 5.93. The first-order valence-electron chi connectivity index (χ1n) is 6.59. The largest absolute Gasteiger partial charge is 0.493 e. The van der Waals surface area contributed by atoms with Crippen molar-refractivity contribution in [1.82, 2.24) is 5.32 Å². The van der Waals surface area contributed by atoms with Gasteiger partial charge in [-0.15, -0.1) is 12.4 Å². The number of amides is 1. The number of carbonyl (C=O) groups excluding carboxylic acids is 1. The van der Waals surface area contributed by atoms with Gasteiger partial charge in [0.15, 0.2) is 0 Å². The Morgan fingerprint density at radius 3 is 2.70 bits per heavy atom. The zero-order chi connectivity index (χ0) is 13.7. The van der Waals surface area contributed by atoms with Crippen LogP contribution >= 0.6 is 12.4 Å². The fourth-order valence-corrected chi connectivity index (χ4v) is 2.30. The Labute approximate surface area is 124 Å². The highest BCUT2D eigenvalue weighted by Crippen LogP contribution is 2.19. The van der Waals surface area contributed by atoms with Crippen LogP contribution in [0.5, 0.6) is 5.75 Å².